The van der Waals surface area contributed by atoms with E-state index in [4.69, 9.17) is 10.00 Å². The van der Waals surface area contributed by atoms with Gasteiger partial charge in [-0.3, -0.25) is 0 Å². The van der Waals surface area contributed by atoms with Gasteiger partial charge in [0, 0.05) is 11.8 Å². The van der Waals surface area contributed by atoms with Crippen molar-refractivity contribution in [1.82, 2.24) is 9.97 Å². The minimum Gasteiger partial charge on any atom is -0.494 e. The van der Waals surface area contributed by atoms with Crippen molar-refractivity contribution in [1.29, 1.82) is 5.26 Å². The molecule has 0 amide bonds. The smallest absolute Gasteiger partial charge is 0.160 e. The zero-order valence-corrected chi connectivity index (χ0v) is 9.42. The Morgan fingerprint density at radius 1 is 1.24 bits per heavy atom. The summed E-state index contributed by atoms with van der Waals surface area (Å²) < 4.78 is 5.35. The molecule has 0 aliphatic rings. The fourth-order valence-corrected chi connectivity index (χ4v) is 1.43. The Hall–Kier alpha value is -2.41. The van der Waals surface area contributed by atoms with Gasteiger partial charge < -0.3 is 4.74 Å². The second-order valence-corrected chi connectivity index (χ2v) is 3.33. The summed E-state index contributed by atoms with van der Waals surface area (Å²) in [6, 6.07) is 11.1. The minimum absolute atomic E-state index is 0.365. The van der Waals surface area contributed by atoms with Gasteiger partial charge in [0.15, 0.2) is 5.82 Å². The third kappa shape index (κ3) is 2.58. The Balaban J connectivity index is 2.30. The molecule has 0 spiro atoms. The van der Waals surface area contributed by atoms with Crippen molar-refractivity contribution < 1.29 is 4.74 Å². The van der Waals surface area contributed by atoms with E-state index in [2.05, 4.69) is 9.97 Å². The first-order valence-corrected chi connectivity index (χ1v) is 5.30. The lowest BCUT2D eigenvalue weighted by molar-refractivity contribution is 0.340. The second-order valence-electron chi connectivity index (χ2n) is 3.33. The van der Waals surface area contributed by atoms with Gasteiger partial charge in [-0.2, -0.15) is 5.26 Å². The topological polar surface area (TPSA) is 58.8 Å². The van der Waals surface area contributed by atoms with Crippen molar-refractivity contribution in [3.05, 3.63) is 42.2 Å². The van der Waals surface area contributed by atoms with Gasteiger partial charge in [-0.15, -0.1) is 0 Å². The summed E-state index contributed by atoms with van der Waals surface area (Å²) in [5.74, 6) is 1.36. The van der Waals surface area contributed by atoms with Crippen molar-refractivity contribution in [3.8, 4) is 23.2 Å². The molecule has 0 saturated carbocycles. The van der Waals surface area contributed by atoms with Crippen molar-refractivity contribution in [3.63, 3.8) is 0 Å². The van der Waals surface area contributed by atoms with Gasteiger partial charge in [0.05, 0.1) is 6.61 Å². The van der Waals surface area contributed by atoms with Crippen LogP contribution in [0.2, 0.25) is 0 Å². The van der Waals surface area contributed by atoms with Crippen LogP contribution >= 0.6 is 0 Å². The van der Waals surface area contributed by atoms with E-state index < -0.39 is 0 Å². The quantitative estimate of drug-likeness (QED) is 0.804. The Morgan fingerprint density at radius 3 is 2.65 bits per heavy atom. The van der Waals surface area contributed by atoms with Crippen LogP contribution < -0.4 is 4.74 Å². The summed E-state index contributed by atoms with van der Waals surface area (Å²) in [4.78, 5) is 8.25. The molecule has 0 bridgehead atoms. The molecule has 0 saturated heterocycles. The lowest BCUT2D eigenvalue weighted by atomic mass is 10.2. The maximum Gasteiger partial charge on any atom is 0.160 e. The molecular weight excluding hydrogens is 214 g/mol. The summed E-state index contributed by atoms with van der Waals surface area (Å²) in [6.07, 6.45) is 1.58. The minimum atomic E-state index is 0.365. The largest absolute Gasteiger partial charge is 0.494 e. The summed E-state index contributed by atoms with van der Waals surface area (Å²) >= 11 is 0. The Kier molecular flexibility index (Phi) is 3.31. The zero-order valence-electron chi connectivity index (χ0n) is 9.42. The molecule has 1 aromatic carbocycles. The standard InChI is InChI=1S/C13H11N3O/c1-2-17-12-5-3-10(4-6-12)13-15-8-7-11(9-14)16-13/h3-8H,2H2,1H3. The van der Waals surface area contributed by atoms with E-state index in [1.165, 1.54) is 0 Å². The molecule has 2 aromatic rings. The summed E-state index contributed by atoms with van der Waals surface area (Å²) in [5, 5.41) is 8.76. The lowest BCUT2D eigenvalue weighted by Crippen LogP contribution is -1.93. The molecule has 1 aromatic heterocycles. The van der Waals surface area contributed by atoms with Gasteiger partial charge in [-0.1, -0.05) is 0 Å². The zero-order chi connectivity index (χ0) is 12.1. The van der Waals surface area contributed by atoms with E-state index in [0.29, 0.717) is 18.1 Å². The van der Waals surface area contributed by atoms with Crippen LogP contribution in [0.1, 0.15) is 12.6 Å². The number of ether oxygens (including phenoxy) is 1. The fourth-order valence-electron chi connectivity index (χ4n) is 1.43. The highest BCUT2D eigenvalue weighted by atomic mass is 16.5. The molecule has 0 aliphatic carbocycles. The number of hydrogen-bond donors (Lipinski definition) is 0. The fraction of sp³-hybridized carbons (Fsp3) is 0.154. The van der Waals surface area contributed by atoms with Crippen LogP contribution in [0.3, 0.4) is 0 Å². The third-order valence-corrected chi connectivity index (χ3v) is 2.19. The SMILES string of the molecule is CCOc1ccc(-c2nccc(C#N)n2)cc1. The van der Waals surface area contributed by atoms with E-state index in [1.54, 1.807) is 12.3 Å². The molecule has 0 atom stereocenters. The van der Waals surface area contributed by atoms with Gasteiger partial charge >= 0.3 is 0 Å². The van der Waals surface area contributed by atoms with Crippen LogP contribution in [0.4, 0.5) is 0 Å². The predicted molar refractivity (Wildman–Crippen MR) is 63.4 cm³/mol. The van der Waals surface area contributed by atoms with Crippen LogP contribution in [0, 0.1) is 11.3 Å². The first-order chi connectivity index (χ1) is 8.33. The number of benzene rings is 1. The van der Waals surface area contributed by atoms with Gasteiger partial charge in [0.25, 0.3) is 0 Å². The molecule has 0 aliphatic heterocycles. The Labute approximate surface area is 99.5 Å². The van der Waals surface area contributed by atoms with Crippen molar-refractivity contribution in [2.75, 3.05) is 6.61 Å². The van der Waals surface area contributed by atoms with Crippen molar-refractivity contribution >= 4 is 0 Å². The van der Waals surface area contributed by atoms with Crippen LogP contribution in [0.5, 0.6) is 5.75 Å². The van der Waals surface area contributed by atoms with Crippen LogP contribution in [0.15, 0.2) is 36.5 Å². The highest BCUT2D eigenvalue weighted by Crippen LogP contribution is 2.19. The number of nitrogens with zero attached hydrogens (tertiary/aromatic N) is 3. The number of aromatic nitrogens is 2. The number of nitriles is 1. The maximum atomic E-state index is 8.76. The molecule has 1 heterocycles. The molecule has 2 rings (SSSR count). The summed E-state index contributed by atoms with van der Waals surface area (Å²) in [7, 11) is 0. The normalized spacial score (nSPS) is 9.65. The molecule has 4 heteroatoms. The van der Waals surface area contributed by atoms with E-state index >= 15 is 0 Å². The molecule has 84 valence electrons. The summed E-state index contributed by atoms with van der Waals surface area (Å²) in [6.45, 7) is 2.58. The van der Waals surface area contributed by atoms with E-state index in [0.717, 1.165) is 11.3 Å². The van der Waals surface area contributed by atoms with Gasteiger partial charge in [-0.05, 0) is 37.3 Å². The first kappa shape index (κ1) is 11.1. The second kappa shape index (κ2) is 5.08. The Bertz CT molecular complexity index is 543. The molecule has 0 fully saturated rings. The van der Waals surface area contributed by atoms with Gasteiger partial charge in [0.1, 0.15) is 17.5 Å². The highest BCUT2D eigenvalue weighted by Gasteiger charge is 2.02. The van der Waals surface area contributed by atoms with Crippen LogP contribution in [0.25, 0.3) is 11.4 Å². The van der Waals surface area contributed by atoms with Crippen LogP contribution in [-0.4, -0.2) is 16.6 Å². The first-order valence-electron chi connectivity index (χ1n) is 5.30. The van der Waals surface area contributed by atoms with Crippen molar-refractivity contribution in [2.45, 2.75) is 6.92 Å². The van der Waals surface area contributed by atoms with E-state index in [9.17, 15) is 0 Å². The van der Waals surface area contributed by atoms with E-state index in [1.807, 2.05) is 37.3 Å². The third-order valence-electron chi connectivity index (χ3n) is 2.19. The van der Waals surface area contributed by atoms with E-state index in [-0.39, 0.29) is 0 Å². The average Bonchev–Trinajstić information content (AvgIpc) is 2.40. The molecule has 17 heavy (non-hydrogen) atoms. The average molecular weight is 225 g/mol. The molecule has 0 radical (unpaired) electrons. The highest BCUT2D eigenvalue weighted by molar-refractivity contribution is 5.56. The van der Waals surface area contributed by atoms with Crippen molar-refractivity contribution in [2.24, 2.45) is 0 Å². The molecular formula is C13H11N3O. The molecule has 0 unspecified atom stereocenters. The number of hydrogen-bond acceptors (Lipinski definition) is 4. The maximum absolute atomic E-state index is 8.76. The molecule has 4 nitrogen and oxygen atoms in total. The van der Waals surface area contributed by atoms with Gasteiger partial charge in [0.2, 0.25) is 0 Å². The lowest BCUT2D eigenvalue weighted by Gasteiger charge is -2.04. The summed E-state index contributed by atoms with van der Waals surface area (Å²) in [5.41, 5.74) is 1.23. The number of rotatable bonds is 3. The Morgan fingerprint density at radius 2 is 2.00 bits per heavy atom. The predicted octanol–water partition coefficient (Wildman–Crippen LogP) is 2.41. The van der Waals surface area contributed by atoms with Crippen LogP contribution in [-0.2, 0) is 0 Å². The molecule has 0 N–H and O–H groups in total. The van der Waals surface area contributed by atoms with Gasteiger partial charge in [-0.25, -0.2) is 9.97 Å². The monoisotopic (exact) mass is 225 g/mol.